The lowest BCUT2D eigenvalue weighted by Gasteiger charge is -2.17. The van der Waals surface area contributed by atoms with E-state index in [9.17, 15) is 4.79 Å². The first kappa shape index (κ1) is 15.6. The van der Waals surface area contributed by atoms with Gasteiger partial charge in [0.1, 0.15) is 16.1 Å². The third kappa shape index (κ3) is 2.78. The summed E-state index contributed by atoms with van der Waals surface area (Å²) in [6.45, 7) is 2.13. The Kier molecular flexibility index (Phi) is 3.75. The van der Waals surface area contributed by atoms with Crippen LogP contribution in [0.2, 0.25) is 0 Å². The van der Waals surface area contributed by atoms with Gasteiger partial charge in [0.05, 0.1) is 0 Å². The average Bonchev–Trinajstić information content (AvgIpc) is 3.31. The normalized spacial score (nSPS) is 14.5. The predicted octanol–water partition coefficient (Wildman–Crippen LogP) is 5.29. The van der Waals surface area contributed by atoms with Crippen molar-refractivity contribution in [2.75, 3.05) is 18.0 Å². The van der Waals surface area contributed by atoms with Gasteiger partial charge in [-0.1, -0.05) is 18.2 Å². The Labute approximate surface area is 154 Å². The van der Waals surface area contributed by atoms with E-state index < -0.39 is 0 Å². The second-order valence-corrected chi connectivity index (χ2v) is 7.57. The molecule has 2 aromatic heterocycles. The molecule has 0 spiro atoms. The summed E-state index contributed by atoms with van der Waals surface area (Å²) in [5.74, 6) is 0. The van der Waals surface area contributed by atoms with Crippen LogP contribution in [0.3, 0.4) is 0 Å². The predicted molar refractivity (Wildman–Crippen MR) is 104 cm³/mol. The molecule has 0 bridgehead atoms. The number of furan rings is 1. The molecule has 1 saturated heterocycles. The molecular weight excluding hydrogens is 346 g/mol. The fourth-order valence-electron chi connectivity index (χ4n) is 3.44. The van der Waals surface area contributed by atoms with Gasteiger partial charge in [0.25, 0.3) is 0 Å². The molecule has 0 atom stereocenters. The summed E-state index contributed by atoms with van der Waals surface area (Å²) in [6.07, 6.45) is 2.43. The van der Waals surface area contributed by atoms with Crippen molar-refractivity contribution in [3.8, 4) is 0 Å². The summed E-state index contributed by atoms with van der Waals surface area (Å²) in [5, 5.41) is 2.63. The van der Waals surface area contributed by atoms with Crippen molar-refractivity contribution >= 4 is 39.4 Å². The van der Waals surface area contributed by atoms with E-state index in [0.717, 1.165) is 35.1 Å². The molecule has 3 heterocycles. The summed E-state index contributed by atoms with van der Waals surface area (Å²) < 4.78 is 11.4. The van der Waals surface area contributed by atoms with Crippen molar-refractivity contribution in [1.29, 1.82) is 0 Å². The quantitative estimate of drug-likeness (QED) is 0.463. The SMILES string of the molecule is O=c1oc2cc(N3CCCC3)ccc2cc1Sc1cc2ccccc2o1. The summed E-state index contributed by atoms with van der Waals surface area (Å²) in [7, 11) is 0. The van der Waals surface area contributed by atoms with Gasteiger partial charge < -0.3 is 13.7 Å². The van der Waals surface area contributed by atoms with Gasteiger partial charge in [0.15, 0.2) is 5.09 Å². The first-order valence-corrected chi connectivity index (χ1v) is 9.57. The van der Waals surface area contributed by atoms with Gasteiger partial charge in [-0.25, -0.2) is 4.79 Å². The number of fused-ring (bicyclic) bond motifs is 2. The molecule has 5 heteroatoms. The number of hydrogen-bond donors (Lipinski definition) is 0. The number of rotatable bonds is 3. The van der Waals surface area contributed by atoms with E-state index in [2.05, 4.69) is 11.0 Å². The van der Waals surface area contributed by atoms with E-state index >= 15 is 0 Å². The largest absolute Gasteiger partial charge is 0.450 e. The van der Waals surface area contributed by atoms with Crippen molar-refractivity contribution in [3.63, 3.8) is 0 Å². The van der Waals surface area contributed by atoms with Gasteiger partial charge >= 0.3 is 5.63 Å². The summed E-state index contributed by atoms with van der Waals surface area (Å²) in [4.78, 5) is 15.3. The minimum atomic E-state index is -0.332. The lowest BCUT2D eigenvalue weighted by atomic mass is 10.2. The Morgan fingerprint density at radius 1 is 0.846 bits per heavy atom. The van der Waals surface area contributed by atoms with Crippen LogP contribution < -0.4 is 10.5 Å². The molecular formula is C21H17NO3S. The van der Waals surface area contributed by atoms with Crippen LogP contribution in [-0.2, 0) is 0 Å². The van der Waals surface area contributed by atoms with E-state index in [1.54, 1.807) is 0 Å². The van der Waals surface area contributed by atoms with Crippen LogP contribution in [0.5, 0.6) is 0 Å². The molecule has 0 radical (unpaired) electrons. The van der Waals surface area contributed by atoms with Crippen LogP contribution >= 0.6 is 11.8 Å². The average molecular weight is 363 g/mol. The van der Waals surface area contributed by atoms with Crippen LogP contribution in [0, 0.1) is 0 Å². The zero-order valence-corrected chi connectivity index (χ0v) is 14.9. The van der Waals surface area contributed by atoms with E-state index in [0.29, 0.717) is 15.6 Å². The summed E-state index contributed by atoms with van der Waals surface area (Å²) in [6, 6.07) is 17.7. The Hall–Kier alpha value is -2.66. The lowest BCUT2D eigenvalue weighted by molar-refractivity contribution is 0.512. The van der Waals surface area contributed by atoms with Gasteiger partial charge in [0, 0.05) is 35.6 Å². The standard InChI is InChI=1S/C21H17NO3S/c23-21-19(26-20-12-14-5-1-2-6-17(14)24-20)11-15-7-8-16(13-18(15)25-21)22-9-3-4-10-22/h1-2,5-8,11-13H,3-4,9-10H2. The first-order chi connectivity index (χ1) is 12.8. The molecule has 5 rings (SSSR count). The van der Waals surface area contributed by atoms with Gasteiger partial charge in [-0.15, -0.1) is 0 Å². The second kappa shape index (κ2) is 6.25. The zero-order chi connectivity index (χ0) is 17.5. The molecule has 1 fully saturated rings. The molecule has 0 saturated carbocycles. The van der Waals surface area contributed by atoms with Crippen LogP contribution in [0.4, 0.5) is 5.69 Å². The number of hydrogen-bond acceptors (Lipinski definition) is 5. The minimum absolute atomic E-state index is 0.332. The highest BCUT2D eigenvalue weighted by Gasteiger charge is 2.15. The Bertz CT molecular complexity index is 1120. The fourth-order valence-corrected chi connectivity index (χ4v) is 4.29. The number of nitrogens with zero attached hydrogens (tertiary/aromatic N) is 1. The van der Waals surface area contributed by atoms with Gasteiger partial charge in [0.2, 0.25) is 0 Å². The molecule has 1 aliphatic rings. The number of para-hydroxylation sites is 1. The van der Waals surface area contributed by atoms with E-state index in [1.165, 1.54) is 24.6 Å². The van der Waals surface area contributed by atoms with Crippen LogP contribution in [-0.4, -0.2) is 13.1 Å². The molecule has 0 unspecified atom stereocenters. The monoisotopic (exact) mass is 363 g/mol. The molecule has 1 aliphatic heterocycles. The minimum Gasteiger partial charge on any atom is -0.450 e. The van der Waals surface area contributed by atoms with Crippen LogP contribution in [0.15, 0.2) is 78.2 Å². The van der Waals surface area contributed by atoms with Crippen LogP contribution in [0.1, 0.15) is 12.8 Å². The maximum atomic E-state index is 12.4. The smallest absolute Gasteiger partial charge is 0.350 e. The number of benzene rings is 2. The summed E-state index contributed by atoms with van der Waals surface area (Å²) >= 11 is 1.30. The van der Waals surface area contributed by atoms with Gasteiger partial charge in [-0.3, -0.25) is 0 Å². The summed E-state index contributed by atoms with van der Waals surface area (Å²) in [5.41, 5.74) is 2.24. The number of anilines is 1. The van der Waals surface area contributed by atoms with E-state index in [1.807, 2.05) is 48.5 Å². The van der Waals surface area contributed by atoms with Crippen molar-refractivity contribution in [2.45, 2.75) is 22.8 Å². The molecule has 26 heavy (non-hydrogen) atoms. The van der Waals surface area contributed by atoms with Crippen molar-refractivity contribution in [3.05, 3.63) is 65.0 Å². The lowest BCUT2D eigenvalue weighted by Crippen LogP contribution is -2.17. The molecule has 4 aromatic rings. The third-order valence-electron chi connectivity index (χ3n) is 4.77. The maximum absolute atomic E-state index is 12.4. The fraction of sp³-hybridized carbons (Fsp3) is 0.190. The molecule has 4 nitrogen and oxygen atoms in total. The Morgan fingerprint density at radius 3 is 2.50 bits per heavy atom. The molecule has 130 valence electrons. The molecule has 0 amide bonds. The van der Waals surface area contributed by atoms with Crippen LogP contribution in [0.25, 0.3) is 21.9 Å². The topological polar surface area (TPSA) is 46.6 Å². The van der Waals surface area contributed by atoms with Gasteiger partial charge in [-0.05, 0) is 54.9 Å². The zero-order valence-electron chi connectivity index (χ0n) is 14.1. The van der Waals surface area contributed by atoms with E-state index in [4.69, 9.17) is 8.83 Å². The first-order valence-electron chi connectivity index (χ1n) is 8.76. The molecule has 0 aliphatic carbocycles. The molecule has 2 aromatic carbocycles. The maximum Gasteiger partial charge on any atom is 0.350 e. The molecule has 0 N–H and O–H groups in total. The Morgan fingerprint density at radius 2 is 1.65 bits per heavy atom. The highest BCUT2D eigenvalue weighted by atomic mass is 32.2. The van der Waals surface area contributed by atoms with Crippen molar-refractivity contribution < 1.29 is 8.83 Å². The second-order valence-electron chi connectivity index (χ2n) is 6.52. The highest BCUT2D eigenvalue weighted by molar-refractivity contribution is 7.99. The Balaban J connectivity index is 1.50. The van der Waals surface area contributed by atoms with E-state index in [-0.39, 0.29) is 5.63 Å². The van der Waals surface area contributed by atoms with Crippen molar-refractivity contribution in [2.24, 2.45) is 0 Å². The van der Waals surface area contributed by atoms with Crippen molar-refractivity contribution in [1.82, 2.24) is 0 Å². The highest BCUT2D eigenvalue weighted by Crippen LogP contribution is 2.33. The third-order valence-corrected chi connectivity index (χ3v) is 5.68. The van der Waals surface area contributed by atoms with Gasteiger partial charge in [-0.2, -0.15) is 0 Å².